The van der Waals surface area contributed by atoms with Crippen LogP contribution < -0.4 is 5.32 Å². The van der Waals surface area contributed by atoms with E-state index in [0.717, 1.165) is 45.2 Å². The number of unbranched alkanes of at least 4 members (excludes halogenated alkanes) is 2. The minimum atomic E-state index is 0.139. The van der Waals surface area contributed by atoms with Gasteiger partial charge < -0.3 is 10.2 Å². The minimum absolute atomic E-state index is 0.139. The molecule has 2 amide bonds. The van der Waals surface area contributed by atoms with Gasteiger partial charge in [-0.25, -0.2) is 0 Å². The van der Waals surface area contributed by atoms with Gasteiger partial charge in [-0.3, -0.25) is 9.59 Å². The Balaban J connectivity index is 1.95. The van der Waals surface area contributed by atoms with Crippen LogP contribution in [0, 0.1) is 0 Å². The Morgan fingerprint density at radius 3 is 2.81 bits per heavy atom. The van der Waals surface area contributed by atoms with Crippen LogP contribution in [0.2, 0.25) is 0 Å². The Hall–Kier alpha value is -1.06. The fraction of sp³-hybridized carbons (Fsp3) is 0.833. The van der Waals surface area contributed by atoms with Crippen molar-refractivity contribution in [2.75, 3.05) is 19.6 Å². The molecule has 1 fully saturated rings. The molecule has 0 atom stereocenters. The predicted molar refractivity (Wildman–Crippen MR) is 63.0 cm³/mol. The van der Waals surface area contributed by atoms with Crippen LogP contribution in [0.3, 0.4) is 0 Å². The third kappa shape index (κ3) is 4.64. The predicted octanol–water partition coefficient (Wildman–Crippen LogP) is 1.31. The summed E-state index contributed by atoms with van der Waals surface area (Å²) in [6, 6.07) is 0. The fourth-order valence-corrected chi connectivity index (χ4v) is 1.99. The molecular formula is C12H22N2O2. The van der Waals surface area contributed by atoms with Gasteiger partial charge in [0.2, 0.25) is 11.8 Å². The molecule has 0 bridgehead atoms. The van der Waals surface area contributed by atoms with E-state index < -0.39 is 0 Å². The molecule has 0 saturated carbocycles. The zero-order chi connectivity index (χ0) is 11.8. The highest BCUT2D eigenvalue weighted by molar-refractivity contribution is 5.78. The third-order valence-corrected chi connectivity index (χ3v) is 2.88. The highest BCUT2D eigenvalue weighted by atomic mass is 16.2. The molecule has 16 heavy (non-hydrogen) atoms. The zero-order valence-corrected chi connectivity index (χ0v) is 10.1. The number of nitrogens with one attached hydrogen (secondary N) is 1. The molecule has 1 aliphatic heterocycles. The first kappa shape index (κ1) is 13.0. The fourth-order valence-electron chi connectivity index (χ4n) is 1.99. The van der Waals surface area contributed by atoms with Crippen molar-refractivity contribution in [1.29, 1.82) is 0 Å². The van der Waals surface area contributed by atoms with Crippen LogP contribution in [0.4, 0.5) is 0 Å². The number of likely N-dealkylation sites (tertiary alicyclic amines) is 1. The summed E-state index contributed by atoms with van der Waals surface area (Å²) in [7, 11) is 0. The van der Waals surface area contributed by atoms with Gasteiger partial charge in [0, 0.05) is 32.5 Å². The van der Waals surface area contributed by atoms with Gasteiger partial charge in [-0.05, 0) is 26.2 Å². The van der Waals surface area contributed by atoms with Crippen molar-refractivity contribution < 1.29 is 9.59 Å². The summed E-state index contributed by atoms with van der Waals surface area (Å²) in [5, 5.41) is 2.78. The second-order valence-electron chi connectivity index (χ2n) is 4.25. The van der Waals surface area contributed by atoms with Gasteiger partial charge in [-0.15, -0.1) is 0 Å². The number of rotatable bonds is 7. The van der Waals surface area contributed by atoms with Crippen molar-refractivity contribution in [2.24, 2.45) is 0 Å². The van der Waals surface area contributed by atoms with Crippen LogP contribution in [0.15, 0.2) is 0 Å². The highest BCUT2D eigenvalue weighted by Gasteiger charge is 2.18. The summed E-state index contributed by atoms with van der Waals surface area (Å²) in [6.45, 7) is 4.43. The van der Waals surface area contributed by atoms with Gasteiger partial charge in [0.05, 0.1) is 0 Å². The molecule has 4 heteroatoms. The number of nitrogens with zero attached hydrogens (tertiary/aromatic N) is 1. The average Bonchev–Trinajstić information content (AvgIpc) is 2.64. The first-order valence-corrected chi connectivity index (χ1v) is 6.28. The Kier molecular flexibility index (Phi) is 5.90. The first-order chi connectivity index (χ1) is 7.74. The van der Waals surface area contributed by atoms with E-state index in [1.807, 2.05) is 11.8 Å². The van der Waals surface area contributed by atoms with Crippen molar-refractivity contribution in [3.63, 3.8) is 0 Å². The first-order valence-electron chi connectivity index (χ1n) is 6.28. The van der Waals surface area contributed by atoms with Crippen LogP contribution in [0.25, 0.3) is 0 Å². The smallest absolute Gasteiger partial charge is 0.222 e. The monoisotopic (exact) mass is 226 g/mol. The highest BCUT2D eigenvalue weighted by Crippen LogP contribution is 2.11. The molecule has 4 nitrogen and oxygen atoms in total. The molecule has 1 saturated heterocycles. The largest absolute Gasteiger partial charge is 0.356 e. The lowest BCUT2D eigenvalue weighted by Crippen LogP contribution is -2.25. The second-order valence-corrected chi connectivity index (χ2v) is 4.25. The van der Waals surface area contributed by atoms with Gasteiger partial charge in [0.15, 0.2) is 0 Å². The van der Waals surface area contributed by atoms with Gasteiger partial charge >= 0.3 is 0 Å². The Bertz CT molecular complexity index is 241. The minimum Gasteiger partial charge on any atom is -0.356 e. The van der Waals surface area contributed by atoms with Crippen LogP contribution >= 0.6 is 0 Å². The normalized spacial score (nSPS) is 15.6. The number of carbonyl (C=O) groups is 2. The van der Waals surface area contributed by atoms with E-state index in [2.05, 4.69) is 5.32 Å². The molecule has 0 aromatic carbocycles. The molecule has 92 valence electrons. The van der Waals surface area contributed by atoms with Crippen LogP contribution in [-0.2, 0) is 9.59 Å². The lowest BCUT2D eigenvalue weighted by Gasteiger charge is -2.14. The molecule has 1 heterocycles. The average molecular weight is 226 g/mol. The topological polar surface area (TPSA) is 49.4 Å². The molecule has 0 unspecified atom stereocenters. The molecule has 0 aromatic rings. The van der Waals surface area contributed by atoms with Gasteiger partial charge in [0.1, 0.15) is 0 Å². The van der Waals surface area contributed by atoms with Crippen LogP contribution in [0.5, 0.6) is 0 Å². The lowest BCUT2D eigenvalue weighted by molar-refractivity contribution is -0.127. The maximum atomic E-state index is 11.3. The molecule has 0 spiro atoms. The van der Waals surface area contributed by atoms with E-state index in [0.29, 0.717) is 18.9 Å². The van der Waals surface area contributed by atoms with E-state index in [4.69, 9.17) is 0 Å². The van der Waals surface area contributed by atoms with Crippen molar-refractivity contribution in [3.05, 3.63) is 0 Å². The molecule has 0 aromatic heterocycles. The summed E-state index contributed by atoms with van der Waals surface area (Å²) in [5.74, 6) is 0.434. The summed E-state index contributed by atoms with van der Waals surface area (Å²) in [6.07, 6.45) is 5.32. The number of amides is 2. The van der Waals surface area contributed by atoms with Gasteiger partial charge in [-0.1, -0.05) is 6.42 Å². The quantitative estimate of drug-likeness (QED) is 0.665. The van der Waals surface area contributed by atoms with E-state index >= 15 is 0 Å². The Labute approximate surface area is 97.4 Å². The maximum absolute atomic E-state index is 11.3. The third-order valence-electron chi connectivity index (χ3n) is 2.88. The number of hydrogen-bond donors (Lipinski definition) is 1. The van der Waals surface area contributed by atoms with E-state index in [-0.39, 0.29) is 5.91 Å². The summed E-state index contributed by atoms with van der Waals surface area (Å²) in [4.78, 5) is 24.4. The molecule has 1 N–H and O–H groups in total. The van der Waals surface area contributed by atoms with Crippen molar-refractivity contribution in [1.82, 2.24) is 10.2 Å². The van der Waals surface area contributed by atoms with Crippen molar-refractivity contribution in [2.45, 2.75) is 45.4 Å². The standard InChI is InChI=1S/C12H22N2O2/c1-2-13-11(15)7-4-3-5-9-14-10-6-8-12(14)16/h2-10H2,1H3,(H,13,15). The molecule has 1 aliphatic rings. The number of carbonyl (C=O) groups excluding carboxylic acids is 2. The lowest BCUT2D eigenvalue weighted by atomic mass is 10.2. The summed E-state index contributed by atoms with van der Waals surface area (Å²) >= 11 is 0. The van der Waals surface area contributed by atoms with Crippen LogP contribution in [-0.4, -0.2) is 36.3 Å². The van der Waals surface area contributed by atoms with Gasteiger partial charge in [0.25, 0.3) is 0 Å². The van der Waals surface area contributed by atoms with Crippen molar-refractivity contribution in [3.8, 4) is 0 Å². The molecule has 1 rings (SSSR count). The maximum Gasteiger partial charge on any atom is 0.222 e. The Morgan fingerprint density at radius 1 is 1.38 bits per heavy atom. The van der Waals surface area contributed by atoms with Gasteiger partial charge in [-0.2, -0.15) is 0 Å². The number of hydrogen-bond acceptors (Lipinski definition) is 2. The summed E-state index contributed by atoms with van der Waals surface area (Å²) in [5.41, 5.74) is 0. The van der Waals surface area contributed by atoms with E-state index in [1.54, 1.807) is 0 Å². The Morgan fingerprint density at radius 2 is 2.19 bits per heavy atom. The van der Waals surface area contributed by atoms with E-state index in [1.165, 1.54) is 0 Å². The van der Waals surface area contributed by atoms with Crippen molar-refractivity contribution >= 4 is 11.8 Å². The zero-order valence-electron chi connectivity index (χ0n) is 10.1. The molecular weight excluding hydrogens is 204 g/mol. The molecule has 0 radical (unpaired) electrons. The molecule has 0 aliphatic carbocycles. The van der Waals surface area contributed by atoms with E-state index in [9.17, 15) is 9.59 Å². The SMILES string of the molecule is CCNC(=O)CCCCCN1CCCC1=O. The van der Waals surface area contributed by atoms with Crippen LogP contribution in [0.1, 0.15) is 45.4 Å². The second kappa shape index (κ2) is 7.25. The summed E-state index contributed by atoms with van der Waals surface area (Å²) < 4.78 is 0.